The molecule has 0 bridgehead atoms. The third-order valence-corrected chi connectivity index (χ3v) is 3.53. The Labute approximate surface area is 121 Å². The number of fused-ring (bicyclic) bond motifs is 1. The van der Waals surface area contributed by atoms with Crippen molar-refractivity contribution in [2.45, 2.75) is 11.6 Å². The van der Waals surface area contributed by atoms with Gasteiger partial charge in [0, 0.05) is 5.56 Å². The van der Waals surface area contributed by atoms with Gasteiger partial charge in [-0.05, 0) is 11.6 Å². The molecule has 1 unspecified atom stereocenters. The highest BCUT2D eigenvalue weighted by molar-refractivity contribution is 6.23. The van der Waals surface area contributed by atoms with Crippen LogP contribution in [-0.2, 0) is 4.79 Å². The maximum absolute atomic E-state index is 11.8. The minimum atomic E-state index is -0.910. The molecular weight excluding hydrogens is 276 g/mol. The lowest BCUT2D eigenvalue weighted by molar-refractivity contribution is -0.118. The van der Waals surface area contributed by atoms with Crippen molar-refractivity contribution < 1.29 is 9.53 Å². The number of hydrogen-bond acceptors (Lipinski definition) is 3. The number of alkyl halides is 1. The first-order valence-electron chi connectivity index (χ1n) is 6.22. The van der Waals surface area contributed by atoms with Crippen LogP contribution in [0.3, 0.4) is 0 Å². The van der Waals surface area contributed by atoms with Crippen LogP contribution in [0.25, 0.3) is 11.1 Å². The summed E-state index contributed by atoms with van der Waals surface area (Å²) in [6.07, 6.45) is 0. The normalized spacial score (nSPS) is 21.4. The Balaban J connectivity index is 2.13. The number of nitrogens with one attached hydrogen (secondary N) is 1. The van der Waals surface area contributed by atoms with Crippen molar-refractivity contribution >= 4 is 23.2 Å². The van der Waals surface area contributed by atoms with Gasteiger partial charge in [0.05, 0.1) is 5.69 Å². The molecule has 0 fully saturated rings. The topological polar surface area (TPSA) is 64.4 Å². The van der Waals surface area contributed by atoms with Crippen molar-refractivity contribution in [2.75, 3.05) is 5.32 Å². The van der Waals surface area contributed by atoms with E-state index in [0.717, 1.165) is 11.1 Å². The Bertz CT molecular complexity index is 646. The summed E-state index contributed by atoms with van der Waals surface area (Å²) in [7, 11) is 0. The number of anilines is 1. The van der Waals surface area contributed by atoms with Gasteiger partial charge in [0.25, 0.3) is 0 Å². The van der Waals surface area contributed by atoms with Gasteiger partial charge in [-0.15, -0.1) is 0 Å². The number of amides is 1. The van der Waals surface area contributed by atoms with Crippen LogP contribution in [0.1, 0.15) is 0 Å². The Hall–Kier alpha value is -2.04. The van der Waals surface area contributed by atoms with Crippen LogP contribution in [-0.4, -0.2) is 17.5 Å². The number of carbonyl (C=O) groups excluding carboxylic acids is 1. The maximum Gasteiger partial charge on any atom is 0.246 e. The third-order valence-electron chi connectivity index (χ3n) is 3.17. The van der Waals surface area contributed by atoms with Crippen molar-refractivity contribution in [1.82, 2.24) is 0 Å². The van der Waals surface area contributed by atoms with Gasteiger partial charge in [-0.3, -0.25) is 4.79 Å². The van der Waals surface area contributed by atoms with Gasteiger partial charge in [0.2, 0.25) is 5.91 Å². The van der Waals surface area contributed by atoms with Gasteiger partial charge in [0.1, 0.15) is 6.04 Å². The zero-order chi connectivity index (χ0) is 14.1. The molecule has 2 aromatic rings. The fourth-order valence-corrected chi connectivity index (χ4v) is 2.33. The van der Waals surface area contributed by atoms with E-state index >= 15 is 0 Å². The summed E-state index contributed by atoms with van der Waals surface area (Å²) in [5, 5.41) is 2.74. The fraction of sp³-hybridized carbons (Fsp3) is 0.133. The van der Waals surface area contributed by atoms with Crippen molar-refractivity contribution in [3.05, 3.63) is 48.5 Å². The lowest BCUT2D eigenvalue weighted by Gasteiger charge is -2.16. The average Bonchev–Trinajstić information content (AvgIpc) is 2.58. The highest BCUT2D eigenvalue weighted by atomic mass is 35.5. The summed E-state index contributed by atoms with van der Waals surface area (Å²) in [6, 6.07) is 14.4. The molecule has 3 N–H and O–H groups in total. The van der Waals surface area contributed by atoms with E-state index in [4.69, 9.17) is 22.1 Å². The summed E-state index contributed by atoms with van der Waals surface area (Å²) in [4.78, 5) is 11.8. The zero-order valence-electron chi connectivity index (χ0n) is 10.5. The van der Waals surface area contributed by atoms with Gasteiger partial charge < -0.3 is 15.8 Å². The monoisotopic (exact) mass is 288 g/mol. The zero-order valence-corrected chi connectivity index (χ0v) is 11.3. The molecule has 20 heavy (non-hydrogen) atoms. The van der Waals surface area contributed by atoms with Crippen LogP contribution in [0.5, 0.6) is 5.75 Å². The number of nitrogens with two attached hydrogens (primary N) is 1. The molecule has 2 atom stereocenters. The minimum Gasteiger partial charge on any atom is -0.470 e. The summed E-state index contributed by atoms with van der Waals surface area (Å²) in [5.74, 6) is 0.189. The van der Waals surface area contributed by atoms with Gasteiger partial charge in [-0.25, -0.2) is 0 Å². The van der Waals surface area contributed by atoms with Crippen LogP contribution >= 0.6 is 11.6 Å². The molecule has 1 heterocycles. The first-order chi connectivity index (χ1) is 9.66. The Morgan fingerprint density at radius 2 is 1.85 bits per heavy atom. The van der Waals surface area contributed by atoms with Crippen LogP contribution in [0.4, 0.5) is 5.69 Å². The van der Waals surface area contributed by atoms with E-state index in [9.17, 15) is 4.79 Å². The highest BCUT2D eigenvalue weighted by Gasteiger charge is 2.30. The molecule has 0 saturated heterocycles. The molecule has 1 amide bonds. The molecule has 2 aromatic carbocycles. The van der Waals surface area contributed by atoms with E-state index in [0.29, 0.717) is 11.4 Å². The van der Waals surface area contributed by atoms with Crippen LogP contribution in [0.2, 0.25) is 0 Å². The second-order valence-electron chi connectivity index (χ2n) is 4.53. The fourth-order valence-electron chi connectivity index (χ4n) is 2.13. The smallest absolute Gasteiger partial charge is 0.246 e. The average molecular weight is 289 g/mol. The Morgan fingerprint density at radius 3 is 2.60 bits per heavy atom. The predicted molar refractivity (Wildman–Crippen MR) is 78.8 cm³/mol. The second kappa shape index (κ2) is 5.15. The van der Waals surface area contributed by atoms with E-state index in [-0.39, 0.29) is 5.91 Å². The molecule has 0 aliphatic carbocycles. The van der Waals surface area contributed by atoms with Gasteiger partial charge in [-0.1, -0.05) is 54.1 Å². The number of halogens is 1. The van der Waals surface area contributed by atoms with E-state index in [1.165, 1.54) is 0 Å². The minimum absolute atomic E-state index is 0.353. The van der Waals surface area contributed by atoms with Crippen molar-refractivity contribution in [2.24, 2.45) is 5.73 Å². The first-order valence-corrected chi connectivity index (χ1v) is 6.66. The molecule has 1 aliphatic heterocycles. The highest BCUT2D eigenvalue weighted by Crippen LogP contribution is 2.39. The lowest BCUT2D eigenvalue weighted by Crippen LogP contribution is -2.43. The number of rotatable bonds is 1. The van der Waals surface area contributed by atoms with Gasteiger partial charge >= 0.3 is 0 Å². The molecule has 0 aromatic heterocycles. The molecule has 0 radical (unpaired) electrons. The number of ether oxygens (including phenoxy) is 1. The Kier molecular flexibility index (Phi) is 3.34. The van der Waals surface area contributed by atoms with Crippen molar-refractivity contribution in [3.63, 3.8) is 0 Å². The molecule has 5 heteroatoms. The van der Waals surface area contributed by atoms with Gasteiger partial charge in [-0.2, -0.15) is 0 Å². The number of para-hydroxylation sites is 1. The van der Waals surface area contributed by atoms with Crippen molar-refractivity contribution in [3.8, 4) is 16.9 Å². The summed E-state index contributed by atoms with van der Waals surface area (Å²) in [5.41, 5.74) is 7.25. The number of benzene rings is 2. The largest absolute Gasteiger partial charge is 0.470 e. The van der Waals surface area contributed by atoms with Gasteiger partial charge in [0.15, 0.2) is 11.3 Å². The second-order valence-corrected chi connectivity index (χ2v) is 4.96. The molecule has 102 valence electrons. The van der Waals surface area contributed by atoms with Crippen molar-refractivity contribution in [1.29, 1.82) is 0 Å². The van der Waals surface area contributed by atoms with Crippen LogP contribution in [0.15, 0.2) is 48.5 Å². The SMILES string of the molecule is N[C@@H]1C(=O)Nc2cccc(-c3ccccc3)c2OC1Cl. The maximum atomic E-state index is 11.8. The standard InChI is InChI=1S/C15H13ClN2O2/c16-14-12(17)15(19)18-11-8-4-7-10(13(11)20-14)9-5-2-1-3-6-9/h1-8,12,14H,17H2,(H,18,19)/t12-,14?/m0/s1. The molecule has 0 spiro atoms. The molecule has 1 aliphatic rings. The first kappa shape index (κ1) is 13.0. The van der Waals surface area contributed by atoms with E-state index < -0.39 is 11.6 Å². The molecule has 3 rings (SSSR count). The van der Waals surface area contributed by atoms with E-state index in [2.05, 4.69) is 5.32 Å². The molecular formula is C15H13ClN2O2. The number of carbonyl (C=O) groups is 1. The van der Waals surface area contributed by atoms with Crippen LogP contribution < -0.4 is 15.8 Å². The quantitative estimate of drug-likeness (QED) is 0.793. The number of hydrogen-bond donors (Lipinski definition) is 2. The predicted octanol–water partition coefficient (Wildman–Crippen LogP) is 2.58. The lowest BCUT2D eigenvalue weighted by atomic mass is 10.0. The molecule has 4 nitrogen and oxygen atoms in total. The summed E-state index contributed by atoms with van der Waals surface area (Å²) >= 11 is 6.05. The van der Waals surface area contributed by atoms with E-state index in [1.54, 1.807) is 6.07 Å². The Morgan fingerprint density at radius 1 is 1.10 bits per heavy atom. The summed E-state index contributed by atoms with van der Waals surface area (Å²) < 4.78 is 5.68. The molecule has 0 saturated carbocycles. The van der Waals surface area contributed by atoms with Crippen LogP contribution in [0, 0.1) is 0 Å². The third kappa shape index (κ3) is 2.24. The van der Waals surface area contributed by atoms with E-state index in [1.807, 2.05) is 42.5 Å². The summed E-state index contributed by atoms with van der Waals surface area (Å²) in [6.45, 7) is 0.